The molecule has 31 heavy (non-hydrogen) atoms. The Bertz CT molecular complexity index is 845. The van der Waals surface area contributed by atoms with Crippen molar-refractivity contribution in [1.29, 1.82) is 0 Å². The Morgan fingerprint density at radius 2 is 1.10 bits per heavy atom. The molecule has 0 aromatic heterocycles. The molecule has 5 nitrogen and oxygen atoms in total. The van der Waals surface area contributed by atoms with E-state index >= 15 is 0 Å². The van der Waals surface area contributed by atoms with Crippen molar-refractivity contribution in [2.45, 2.75) is 38.1 Å². The van der Waals surface area contributed by atoms with Gasteiger partial charge < -0.3 is 25.1 Å². The molecule has 0 radical (unpaired) electrons. The molecule has 0 aliphatic rings. The molecule has 3 N–H and O–H groups in total. The Labute approximate surface area is 184 Å². The van der Waals surface area contributed by atoms with Crippen LogP contribution in [0.4, 0.5) is 0 Å². The second-order valence-corrected chi connectivity index (χ2v) is 7.40. The first-order chi connectivity index (χ1) is 15.3. The van der Waals surface area contributed by atoms with Crippen LogP contribution in [0.15, 0.2) is 91.0 Å². The van der Waals surface area contributed by atoms with Crippen molar-refractivity contribution >= 4 is 0 Å². The van der Waals surface area contributed by atoms with Gasteiger partial charge in [0.25, 0.3) is 0 Å². The van der Waals surface area contributed by atoms with Gasteiger partial charge in [-0.05, 0) is 16.7 Å². The zero-order valence-electron chi connectivity index (χ0n) is 17.7. The van der Waals surface area contributed by atoms with E-state index in [1.807, 2.05) is 91.0 Å². The molecule has 0 aliphatic carbocycles. The first-order valence-corrected chi connectivity index (χ1v) is 10.6. The van der Waals surface area contributed by atoms with E-state index in [4.69, 9.17) is 19.9 Å². The van der Waals surface area contributed by atoms with Crippen LogP contribution in [0.5, 0.6) is 0 Å². The SMILES string of the molecule is NC[C@@H](OCc1ccccc1)[C@H](OCc1ccccc1)[C@H](O)COCc1ccccc1. The summed E-state index contributed by atoms with van der Waals surface area (Å²) >= 11 is 0. The summed E-state index contributed by atoms with van der Waals surface area (Å²) in [6.07, 6.45) is -1.97. The molecular weight excluding hydrogens is 390 g/mol. The summed E-state index contributed by atoms with van der Waals surface area (Å²) in [5, 5.41) is 10.9. The second-order valence-electron chi connectivity index (χ2n) is 7.40. The highest BCUT2D eigenvalue weighted by atomic mass is 16.6. The molecule has 5 heteroatoms. The average Bonchev–Trinajstić information content (AvgIpc) is 2.83. The van der Waals surface area contributed by atoms with Gasteiger partial charge in [-0.2, -0.15) is 0 Å². The van der Waals surface area contributed by atoms with Crippen molar-refractivity contribution in [2.24, 2.45) is 5.73 Å². The minimum Gasteiger partial charge on any atom is -0.388 e. The van der Waals surface area contributed by atoms with E-state index in [0.29, 0.717) is 19.8 Å². The Balaban J connectivity index is 1.61. The Kier molecular flexibility index (Phi) is 9.70. The van der Waals surface area contributed by atoms with Crippen LogP contribution in [0.2, 0.25) is 0 Å². The molecule has 0 aliphatic heterocycles. The molecule has 0 bridgehead atoms. The van der Waals surface area contributed by atoms with E-state index in [9.17, 15) is 5.11 Å². The zero-order valence-corrected chi connectivity index (χ0v) is 17.7. The molecular formula is C26H31NO4. The number of aliphatic hydroxyl groups is 1. The summed E-state index contributed by atoms with van der Waals surface area (Å²) < 4.78 is 17.9. The Morgan fingerprint density at radius 3 is 1.58 bits per heavy atom. The van der Waals surface area contributed by atoms with Gasteiger partial charge in [0.15, 0.2) is 0 Å². The molecule has 0 unspecified atom stereocenters. The van der Waals surface area contributed by atoms with E-state index in [1.54, 1.807) is 0 Å². The van der Waals surface area contributed by atoms with Gasteiger partial charge in [0.1, 0.15) is 12.2 Å². The second kappa shape index (κ2) is 13.0. The molecule has 0 spiro atoms. The van der Waals surface area contributed by atoms with E-state index < -0.39 is 18.3 Å². The maximum Gasteiger partial charge on any atom is 0.113 e. The maximum absolute atomic E-state index is 10.9. The van der Waals surface area contributed by atoms with Crippen molar-refractivity contribution in [3.05, 3.63) is 108 Å². The first-order valence-electron chi connectivity index (χ1n) is 10.6. The summed E-state index contributed by atoms with van der Waals surface area (Å²) in [6.45, 7) is 1.51. The molecule has 3 aromatic carbocycles. The van der Waals surface area contributed by atoms with Gasteiger partial charge in [0.2, 0.25) is 0 Å². The summed E-state index contributed by atoms with van der Waals surface area (Å²) in [5.74, 6) is 0. The lowest BCUT2D eigenvalue weighted by atomic mass is 10.1. The number of hydrogen-bond acceptors (Lipinski definition) is 5. The fourth-order valence-electron chi connectivity index (χ4n) is 3.27. The van der Waals surface area contributed by atoms with Crippen molar-refractivity contribution in [3.63, 3.8) is 0 Å². The van der Waals surface area contributed by atoms with E-state index in [-0.39, 0.29) is 13.2 Å². The van der Waals surface area contributed by atoms with Gasteiger partial charge in [0, 0.05) is 6.54 Å². The maximum atomic E-state index is 10.9. The van der Waals surface area contributed by atoms with Crippen LogP contribution in [0.3, 0.4) is 0 Å². The van der Waals surface area contributed by atoms with Gasteiger partial charge in [-0.25, -0.2) is 0 Å². The monoisotopic (exact) mass is 421 g/mol. The van der Waals surface area contributed by atoms with E-state index in [0.717, 1.165) is 16.7 Å². The van der Waals surface area contributed by atoms with Crippen LogP contribution in [-0.2, 0) is 34.0 Å². The normalized spacial score (nSPS) is 14.1. The topological polar surface area (TPSA) is 73.9 Å². The smallest absolute Gasteiger partial charge is 0.113 e. The lowest BCUT2D eigenvalue weighted by Crippen LogP contribution is -2.47. The highest BCUT2D eigenvalue weighted by Gasteiger charge is 2.30. The van der Waals surface area contributed by atoms with Crippen LogP contribution in [-0.4, -0.2) is 36.6 Å². The lowest BCUT2D eigenvalue weighted by molar-refractivity contribution is -0.144. The number of aliphatic hydroxyl groups excluding tert-OH is 1. The van der Waals surface area contributed by atoms with Crippen LogP contribution in [0.1, 0.15) is 16.7 Å². The zero-order chi connectivity index (χ0) is 21.7. The van der Waals surface area contributed by atoms with Crippen molar-refractivity contribution in [1.82, 2.24) is 0 Å². The Morgan fingerprint density at radius 1 is 0.645 bits per heavy atom. The third-order valence-electron chi connectivity index (χ3n) is 4.97. The molecule has 0 saturated carbocycles. The number of benzene rings is 3. The van der Waals surface area contributed by atoms with Gasteiger partial charge in [0.05, 0.1) is 32.5 Å². The fraction of sp³-hybridized carbons (Fsp3) is 0.308. The molecule has 0 amide bonds. The minimum absolute atomic E-state index is 0.125. The van der Waals surface area contributed by atoms with Crippen LogP contribution < -0.4 is 5.73 Å². The van der Waals surface area contributed by atoms with Crippen LogP contribution in [0, 0.1) is 0 Å². The van der Waals surface area contributed by atoms with E-state index in [2.05, 4.69) is 0 Å². The summed E-state index contributed by atoms with van der Waals surface area (Å²) in [5.41, 5.74) is 9.11. The van der Waals surface area contributed by atoms with Crippen molar-refractivity contribution in [3.8, 4) is 0 Å². The predicted octanol–water partition coefficient (Wildman–Crippen LogP) is 3.69. The van der Waals surface area contributed by atoms with Gasteiger partial charge in [-0.3, -0.25) is 0 Å². The van der Waals surface area contributed by atoms with Crippen molar-refractivity contribution in [2.75, 3.05) is 13.2 Å². The molecule has 0 fully saturated rings. The van der Waals surface area contributed by atoms with Gasteiger partial charge in [-0.1, -0.05) is 91.0 Å². The molecule has 3 rings (SSSR count). The van der Waals surface area contributed by atoms with Crippen molar-refractivity contribution < 1.29 is 19.3 Å². The molecule has 0 saturated heterocycles. The van der Waals surface area contributed by atoms with E-state index in [1.165, 1.54) is 0 Å². The molecule has 164 valence electrons. The van der Waals surface area contributed by atoms with Gasteiger partial charge >= 0.3 is 0 Å². The summed E-state index contributed by atoms with van der Waals surface area (Å²) in [7, 11) is 0. The minimum atomic E-state index is -0.878. The standard InChI is InChI=1S/C26H31NO4/c27-16-25(30-18-22-12-6-2-7-13-22)26(31-19-23-14-8-3-9-15-23)24(28)20-29-17-21-10-4-1-5-11-21/h1-15,24-26,28H,16-20,27H2/t24-,25-,26-/m1/s1. The molecule has 3 aromatic rings. The highest BCUT2D eigenvalue weighted by molar-refractivity contribution is 5.15. The highest BCUT2D eigenvalue weighted by Crippen LogP contribution is 2.15. The third-order valence-corrected chi connectivity index (χ3v) is 4.97. The number of nitrogens with two attached hydrogens (primary N) is 1. The summed E-state index contributed by atoms with van der Waals surface area (Å²) in [4.78, 5) is 0. The number of rotatable bonds is 13. The third kappa shape index (κ3) is 7.90. The first kappa shape index (κ1) is 23.1. The predicted molar refractivity (Wildman–Crippen MR) is 121 cm³/mol. The molecule has 0 heterocycles. The van der Waals surface area contributed by atoms with Crippen LogP contribution in [0.25, 0.3) is 0 Å². The number of hydrogen-bond donors (Lipinski definition) is 2. The fourth-order valence-corrected chi connectivity index (χ4v) is 3.27. The average molecular weight is 422 g/mol. The Hall–Kier alpha value is -2.54. The van der Waals surface area contributed by atoms with Gasteiger partial charge in [-0.15, -0.1) is 0 Å². The van der Waals surface area contributed by atoms with Crippen LogP contribution >= 0.6 is 0 Å². The summed E-state index contributed by atoms with van der Waals surface area (Å²) in [6, 6.07) is 29.6. The molecule has 3 atom stereocenters. The largest absolute Gasteiger partial charge is 0.388 e. The number of ether oxygens (including phenoxy) is 3. The lowest BCUT2D eigenvalue weighted by Gasteiger charge is -2.30. The quantitative estimate of drug-likeness (QED) is 0.440.